The van der Waals surface area contributed by atoms with E-state index in [1.807, 2.05) is 6.07 Å². The number of thioether (sulfide) groups is 1. The molecule has 2 rings (SSSR count). The van der Waals surface area contributed by atoms with Crippen LogP contribution in [0.15, 0.2) is 4.21 Å². The Labute approximate surface area is 89.1 Å². The maximum Gasteiger partial charge on any atom is 0.129 e. The molecule has 0 aliphatic carbocycles. The van der Waals surface area contributed by atoms with Gasteiger partial charge < -0.3 is 11.5 Å². The molecule has 0 saturated carbocycles. The number of nitrogens with two attached hydrogens (primary N) is 2. The van der Waals surface area contributed by atoms with E-state index in [0.29, 0.717) is 10.6 Å². The average molecular weight is 222 g/mol. The predicted molar refractivity (Wildman–Crippen MR) is 55.6 cm³/mol. The lowest BCUT2D eigenvalue weighted by molar-refractivity contribution is 0.777. The number of nitriles is 2. The van der Waals surface area contributed by atoms with E-state index in [2.05, 4.69) is 6.07 Å². The number of hydrogen-bond acceptors (Lipinski definition) is 6. The number of hydrogen-bond donors (Lipinski definition) is 2. The Morgan fingerprint density at radius 2 is 2.07 bits per heavy atom. The maximum atomic E-state index is 8.79. The molecule has 0 fully saturated rings. The van der Waals surface area contributed by atoms with Crippen LogP contribution < -0.4 is 11.5 Å². The van der Waals surface area contributed by atoms with Crippen molar-refractivity contribution >= 4 is 28.8 Å². The molecule has 1 aliphatic heterocycles. The minimum atomic E-state index is -0.363. The highest BCUT2D eigenvalue weighted by Gasteiger charge is 2.35. The monoisotopic (exact) mass is 222 g/mol. The van der Waals surface area contributed by atoms with Gasteiger partial charge >= 0.3 is 0 Å². The summed E-state index contributed by atoms with van der Waals surface area (Å²) >= 11 is 2.71. The van der Waals surface area contributed by atoms with Crippen LogP contribution in [0.2, 0.25) is 0 Å². The predicted octanol–water partition coefficient (Wildman–Crippen LogP) is 1.20. The van der Waals surface area contributed by atoms with Crippen molar-refractivity contribution in [1.82, 2.24) is 0 Å². The highest BCUT2D eigenvalue weighted by Crippen LogP contribution is 2.50. The zero-order valence-electron chi connectivity index (χ0n) is 7.02. The average Bonchev–Trinajstić information content (AvgIpc) is 2.65. The third-order valence-corrected chi connectivity index (χ3v) is 4.62. The van der Waals surface area contributed by atoms with Gasteiger partial charge in [-0.1, -0.05) is 11.8 Å². The number of nitrogen functional groups attached to an aromatic ring is 1. The first kappa shape index (κ1) is 9.35. The molecule has 0 aromatic carbocycles. The van der Waals surface area contributed by atoms with Gasteiger partial charge in [0.05, 0.1) is 22.0 Å². The summed E-state index contributed by atoms with van der Waals surface area (Å²) in [6.07, 6.45) is 0. The van der Waals surface area contributed by atoms with Crippen molar-refractivity contribution in [3.05, 3.63) is 10.4 Å². The zero-order valence-corrected chi connectivity index (χ0v) is 8.65. The van der Waals surface area contributed by atoms with Crippen LogP contribution in [0.4, 0.5) is 5.69 Å². The Morgan fingerprint density at radius 1 is 1.36 bits per heavy atom. The number of thiophene rings is 1. The molecule has 2 unspecified atom stereocenters. The normalized spacial score (nSPS) is 23.9. The standard InChI is InChI=1S/C8H6N4S2/c9-1-3-6(11)5-7(12)4(2-10)14-8(5)13-3/h3,6H,11-12H2. The van der Waals surface area contributed by atoms with Gasteiger partial charge in [0.25, 0.3) is 0 Å². The van der Waals surface area contributed by atoms with E-state index in [4.69, 9.17) is 22.0 Å². The molecule has 2 heterocycles. The van der Waals surface area contributed by atoms with Gasteiger partial charge in [-0.15, -0.1) is 11.3 Å². The van der Waals surface area contributed by atoms with Crippen LogP contribution in [-0.2, 0) is 0 Å². The minimum Gasteiger partial charge on any atom is -0.397 e. The first-order valence-electron chi connectivity index (χ1n) is 3.83. The van der Waals surface area contributed by atoms with Crippen molar-refractivity contribution in [2.75, 3.05) is 5.73 Å². The number of fused-ring (bicyclic) bond motifs is 1. The Balaban J connectivity index is 2.52. The van der Waals surface area contributed by atoms with Gasteiger partial charge in [-0.05, 0) is 0 Å². The van der Waals surface area contributed by atoms with E-state index in [9.17, 15) is 0 Å². The van der Waals surface area contributed by atoms with Crippen molar-refractivity contribution < 1.29 is 0 Å². The molecule has 1 aromatic rings. The molecule has 0 bridgehead atoms. The van der Waals surface area contributed by atoms with Gasteiger partial charge in [0.2, 0.25) is 0 Å². The molecule has 1 aromatic heterocycles. The van der Waals surface area contributed by atoms with Gasteiger partial charge in [-0.25, -0.2) is 0 Å². The topological polar surface area (TPSA) is 99.6 Å². The summed E-state index contributed by atoms with van der Waals surface area (Å²) in [5.41, 5.74) is 12.8. The molecule has 0 radical (unpaired) electrons. The molecule has 6 heteroatoms. The molecule has 14 heavy (non-hydrogen) atoms. The Morgan fingerprint density at radius 3 is 2.57 bits per heavy atom. The van der Waals surface area contributed by atoms with Gasteiger partial charge in [0.15, 0.2) is 0 Å². The second kappa shape index (κ2) is 3.18. The van der Waals surface area contributed by atoms with Crippen LogP contribution in [-0.4, -0.2) is 5.25 Å². The summed E-state index contributed by atoms with van der Waals surface area (Å²) < 4.78 is 0.915. The highest BCUT2D eigenvalue weighted by atomic mass is 32.2. The Kier molecular flexibility index (Phi) is 2.12. The number of nitrogens with zero attached hydrogens (tertiary/aromatic N) is 2. The first-order chi connectivity index (χ1) is 6.69. The fourth-order valence-electron chi connectivity index (χ4n) is 1.37. The molecular weight excluding hydrogens is 216 g/mol. The summed E-state index contributed by atoms with van der Waals surface area (Å²) in [5, 5.41) is 17.3. The first-order valence-corrected chi connectivity index (χ1v) is 5.52. The van der Waals surface area contributed by atoms with Gasteiger partial charge in [-0.3, -0.25) is 0 Å². The Bertz CT molecular complexity index is 465. The van der Waals surface area contributed by atoms with Crippen molar-refractivity contribution in [1.29, 1.82) is 10.5 Å². The molecule has 0 amide bonds. The van der Waals surface area contributed by atoms with Crippen LogP contribution >= 0.6 is 23.1 Å². The van der Waals surface area contributed by atoms with Crippen molar-refractivity contribution in [3.63, 3.8) is 0 Å². The van der Waals surface area contributed by atoms with Crippen molar-refractivity contribution in [3.8, 4) is 12.1 Å². The number of rotatable bonds is 0. The van der Waals surface area contributed by atoms with Gasteiger partial charge in [0, 0.05) is 5.56 Å². The van der Waals surface area contributed by atoms with Crippen molar-refractivity contribution in [2.24, 2.45) is 5.73 Å². The van der Waals surface area contributed by atoms with E-state index >= 15 is 0 Å². The lowest BCUT2D eigenvalue weighted by atomic mass is 10.1. The lowest BCUT2D eigenvalue weighted by Gasteiger charge is -2.06. The molecule has 4 nitrogen and oxygen atoms in total. The SMILES string of the molecule is N#Cc1sc2c(c1N)C(N)C(C#N)S2. The highest BCUT2D eigenvalue weighted by molar-refractivity contribution is 8.02. The molecule has 2 atom stereocenters. The second-order valence-electron chi connectivity index (χ2n) is 2.85. The van der Waals surface area contributed by atoms with Crippen LogP contribution in [0.5, 0.6) is 0 Å². The zero-order chi connectivity index (χ0) is 10.3. The fraction of sp³-hybridized carbons (Fsp3) is 0.250. The largest absolute Gasteiger partial charge is 0.397 e. The molecule has 4 N–H and O–H groups in total. The van der Waals surface area contributed by atoms with E-state index in [1.165, 1.54) is 23.1 Å². The molecule has 0 saturated heterocycles. The third kappa shape index (κ3) is 1.09. The third-order valence-electron chi connectivity index (χ3n) is 2.07. The molecule has 1 aliphatic rings. The smallest absolute Gasteiger partial charge is 0.129 e. The maximum absolute atomic E-state index is 8.79. The summed E-state index contributed by atoms with van der Waals surface area (Å²) in [6.45, 7) is 0. The summed E-state index contributed by atoms with van der Waals surface area (Å²) in [7, 11) is 0. The number of anilines is 1. The summed E-state index contributed by atoms with van der Waals surface area (Å²) in [5.74, 6) is 0. The van der Waals surface area contributed by atoms with Gasteiger partial charge in [0.1, 0.15) is 16.2 Å². The van der Waals surface area contributed by atoms with E-state index in [1.54, 1.807) is 0 Å². The van der Waals surface area contributed by atoms with Crippen LogP contribution in [0.3, 0.4) is 0 Å². The fourth-order valence-corrected chi connectivity index (χ4v) is 3.87. The van der Waals surface area contributed by atoms with E-state index < -0.39 is 0 Å². The minimum absolute atomic E-state index is 0.272. The molecular formula is C8H6N4S2. The van der Waals surface area contributed by atoms with E-state index in [-0.39, 0.29) is 11.3 Å². The van der Waals surface area contributed by atoms with Crippen LogP contribution in [0, 0.1) is 22.7 Å². The van der Waals surface area contributed by atoms with Crippen molar-refractivity contribution in [2.45, 2.75) is 15.5 Å². The van der Waals surface area contributed by atoms with Gasteiger partial charge in [-0.2, -0.15) is 10.5 Å². The van der Waals surface area contributed by atoms with Crippen LogP contribution in [0.25, 0.3) is 0 Å². The lowest BCUT2D eigenvalue weighted by Crippen LogP contribution is -2.18. The Hall–Kier alpha value is -1.21. The van der Waals surface area contributed by atoms with Crippen LogP contribution in [0.1, 0.15) is 16.5 Å². The second-order valence-corrected chi connectivity index (χ2v) is 5.28. The van der Waals surface area contributed by atoms with E-state index in [0.717, 1.165) is 9.77 Å². The summed E-state index contributed by atoms with van der Waals surface area (Å²) in [4.78, 5) is 0.495. The summed E-state index contributed by atoms with van der Waals surface area (Å²) in [6, 6.07) is 3.77. The molecule has 0 spiro atoms. The quantitative estimate of drug-likeness (QED) is 0.687. The molecule has 70 valence electrons.